The first kappa shape index (κ1) is 8.62. The van der Waals surface area contributed by atoms with Gasteiger partial charge >= 0.3 is 0 Å². The number of ether oxygens (including phenoxy) is 1. The van der Waals surface area contributed by atoms with Gasteiger partial charge < -0.3 is 10.1 Å². The first-order valence-corrected chi connectivity index (χ1v) is 5.24. The summed E-state index contributed by atoms with van der Waals surface area (Å²) in [6, 6.07) is 0. The Labute approximate surface area is 81.2 Å². The molecule has 0 radical (unpaired) electrons. The van der Waals surface area contributed by atoms with Gasteiger partial charge in [-0.3, -0.25) is 0 Å². The van der Waals surface area contributed by atoms with E-state index in [2.05, 4.69) is 15.3 Å². The number of hydrogen-bond donors (Lipinski definition) is 1. The highest BCUT2D eigenvalue weighted by molar-refractivity contribution is 8.13. The van der Waals surface area contributed by atoms with Crippen LogP contribution in [0.1, 0.15) is 0 Å². The Morgan fingerprint density at radius 3 is 3.15 bits per heavy atom. The SMILES string of the molecule is COC1=NC(SC)=NC2NC=CC12. The molecule has 0 saturated heterocycles. The van der Waals surface area contributed by atoms with Crippen LogP contribution in [0.25, 0.3) is 0 Å². The molecule has 2 aliphatic rings. The second kappa shape index (κ2) is 3.41. The van der Waals surface area contributed by atoms with Gasteiger partial charge in [-0.05, 0) is 12.5 Å². The van der Waals surface area contributed by atoms with Crippen molar-refractivity contribution in [2.45, 2.75) is 6.17 Å². The molecular weight excluding hydrogens is 186 g/mol. The lowest BCUT2D eigenvalue weighted by atomic mass is 10.1. The van der Waals surface area contributed by atoms with Gasteiger partial charge in [-0.1, -0.05) is 17.8 Å². The number of nitrogens with one attached hydrogen (secondary N) is 1. The van der Waals surface area contributed by atoms with Crippen LogP contribution in [0.15, 0.2) is 22.3 Å². The summed E-state index contributed by atoms with van der Waals surface area (Å²) in [5.41, 5.74) is 0. The highest BCUT2D eigenvalue weighted by Gasteiger charge is 2.31. The van der Waals surface area contributed by atoms with Crippen LogP contribution in [0.2, 0.25) is 0 Å². The van der Waals surface area contributed by atoms with Gasteiger partial charge in [0.15, 0.2) is 5.17 Å². The van der Waals surface area contributed by atoms with Crippen molar-refractivity contribution in [2.75, 3.05) is 13.4 Å². The molecule has 2 aliphatic heterocycles. The topological polar surface area (TPSA) is 46.0 Å². The fourth-order valence-electron chi connectivity index (χ4n) is 1.40. The van der Waals surface area contributed by atoms with Gasteiger partial charge in [0.2, 0.25) is 5.90 Å². The summed E-state index contributed by atoms with van der Waals surface area (Å²) in [6.07, 6.45) is 5.96. The third-order valence-corrected chi connectivity index (χ3v) is 2.60. The summed E-state index contributed by atoms with van der Waals surface area (Å²) in [5, 5.41) is 3.92. The molecule has 5 heteroatoms. The molecule has 2 heterocycles. The molecular formula is C8H11N3OS. The second-order valence-corrected chi connectivity index (χ2v) is 3.54. The fraction of sp³-hybridized carbons (Fsp3) is 0.500. The van der Waals surface area contributed by atoms with E-state index in [-0.39, 0.29) is 12.1 Å². The maximum Gasteiger partial charge on any atom is 0.201 e. The number of hydrogen-bond acceptors (Lipinski definition) is 5. The van der Waals surface area contributed by atoms with Crippen LogP contribution in [0.3, 0.4) is 0 Å². The number of aliphatic imine (C=N–C) groups is 2. The van der Waals surface area contributed by atoms with Gasteiger partial charge in [0.1, 0.15) is 6.17 Å². The number of methoxy groups -OCH3 is 1. The quantitative estimate of drug-likeness (QED) is 0.625. The highest BCUT2D eigenvalue weighted by Crippen LogP contribution is 2.22. The zero-order valence-corrected chi connectivity index (χ0v) is 8.34. The van der Waals surface area contributed by atoms with Crippen LogP contribution in [0, 0.1) is 5.92 Å². The summed E-state index contributed by atoms with van der Waals surface area (Å²) >= 11 is 1.53. The van der Waals surface area contributed by atoms with Crippen molar-refractivity contribution >= 4 is 22.8 Å². The fourth-order valence-corrected chi connectivity index (χ4v) is 1.80. The van der Waals surface area contributed by atoms with Gasteiger partial charge in [-0.25, -0.2) is 4.99 Å². The van der Waals surface area contributed by atoms with Crippen molar-refractivity contribution < 1.29 is 4.74 Å². The predicted octanol–water partition coefficient (Wildman–Crippen LogP) is 0.823. The number of fused-ring (bicyclic) bond motifs is 1. The van der Waals surface area contributed by atoms with Crippen LogP contribution >= 0.6 is 11.8 Å². The minimum Gasteiger partial charge on any atom is -0.483 e. The van der Waals surface area contributed by atoms with E-state index in [0.717, 1.165) is 11.1 Å². The zero-order chi connectivity index (χ0) is 9.26. The first-order valence-electron chi connectivity index (χ1n) is 4.02. The maximum absolute atomic E-state index is 5.20. The molecule has 4 nitrogen and oxygen atoms in total. The van der Waals surface area contributed by atoms with Gasteiger partial charge in [-0.2, -0.15) is 4.99 Å². The lowest BCUT2D eigenvalue weighted by Crippen LogP contribution is -2.34. The largest absolute Gasteiger partial charge is 0.483 e. The van der Waals surface area contributed by atoms with Gasteiger partial charge in [-0.15, -0.1) is 0 Å². The molecule has 0 spiro atoms. The lowest BCUT2D eigenvalue weighted by molar-refractivity contribution is 0.363. The van der Waals surface area contributed by atoms with Crippen molar-refractivity contribution in [3.05, 3.63) is 12.3 Å². The second-order valence-electron chi connectivity index (χ2n) is 2.77. The molecule has 2 unspecified atom stereocenters. The summed E-state index contributed by atoms with van der Waals surface area (Å²) in [5.74, 6) is 0.909. The molecule has 2 rings (SSSR count). The highest BCUT2D eigenvalue weighted by atomic mass is 32.2. The van der Waals surface area contributed by atoms with Crippen molar-refractivity contribution in [1.82, 2.24) is 5.32 Å². The van der Waals surface area contributed by atoms with Gasteiger partial charge in [0, 0.05) is 0 Å². The minimum absolute atomic E-state index is 0.0786. The van der Waals surface area contributed by atoms with E-state index in [1.54, 1.807) is 7.11 Å². The maximum atomic E-state index is 5.20. The van der Waals surface area contributed by atoms with Crippen molar-refractivity contribution in [3.63, 3.8) is 0 Å². The monoisotopic (exact) mass is 197 g/mol. The third-order valence-electron chi connectivity index (χ3n) is 2.04. The normalized spacial score (nSPS) is 30.3. The number of amidine groups is 1. The standard InChI is InChI=1S/C8H11N3OS/c1-12-7-5-3-4-9-6(5)10-8(11-7)13-2/h3-6,9H,1-2H3. The smallest absolute Gasteiger partial charge is 0.201 e. The van der Waals surface area contributed by atoms with Crippen LogP contribution in [-0.2, 0) is 4.74 Å². The Kier molecular flexibility index (Phi) is 2.26. The molecule has 13 heavy (non-hydrogen) atoms. The third kappa shape index (κ3) is 1.44. The molecule has 1 N–H and O–H groups in total. The summed E-state index contributed by atoms with van der Waals surface area (Å²) < 4.78 is 5.20. The van der Waals surface area contributed by atoms with Crippen LogP contribution in [0.5, 0.6) is 0 Å². The Bertz CT molecular complexity index is 298. The van der Waals surface area contributed by atoms with Crippen molar-refractivity contribution in [3.8, 4) is 0 Å². The Balaban J connectivity index is 2.27. The predicted molar refractivity (Wildman–Crippen MR) is 54.9 cm³/mol. The van der Waals surface area contributed by atoms with E-state index < -0.39 is 0 Å². The van der Waals surface area contributed by atoms with E-state index in [1.165, 1.54) is 11.8 Å². The Hall–Kier alpha value is -0.970. The summed E-state index contributed by atoms with van der Waals surface area (Å²) in [6.45, 7) is 0. The molecule has 0 aliphatic carbocycles. The Morgan fingerprint density at radius 1 is 1.62 bits per heavy atom. The van der Waals surface area contributed by atoms with Gasteiger partial charge in [0.25, 0.3) is 0 Å². The van der Waals surface area contributed by atoms with Crippen LogP contribution < -0.4 is 5.32 Å². The summed E-state index contributed by atoms with van der Waals surface area (Å²) in [7, 11) is 1.64. The molecule has 0 aromatic heterocycles. The van der Waals surface area contributed by atoms with E-state index in [0.29, 0.717) is 0 Å². The number of nitrogens with zero attached hydrogens (tertiary/aromatic N) is 2. The first-order chi connectivity index (χ1) is 6.35. The zero-order valence-electron chi connectivity index (χ0n) is 7.52. The lowest BCUT2D eigenvalue weighted by Gasteiger charge is -2.21. The minimum atomic E-state index is 0.0786. The number of thioether (sulfide) groups is 1. The molecule has 0 fully saturated rings. The van der Waals surface area contributed by atoms with E-state index in [9.17, 15) is 0 Å². The molecule has 2 atom stereocenters. The van der Waals surface area contributed by atoms with E-state index in [1.807, 2.05) is 18.5 Å². The molecule has 0 saturated carbocycles. The molecule has 0 amide bonds. The van der Waals surface area contributed by atoms with Crippen LogP contribution in [-0.4, -0.2) is 30.6 Å². The molecule has 0 aromatic rings. The Morgan fingerprint density at radius 2 is 2.46 bits per heavy atom. The van der Waals surface area contributed by atoms with Crippen molar-refractivity contribution in [1.29, 1.82) is 0 Å². The summed E-state index contributed by atoms with van der Waals surface area (Å²) in [4.78, 5) is 8.68. The molecule has 0 aromatic carbocycles. The average molecular weight is 197 g/mol. The van der Waals surface area contributed by atoms with Gasteiger partial charge in [0.05, 0.1) is 13.0 Å². The van der Waals surface area contributed by atoms with Crippen LogP contribution in [0.4, 0.5) is 0 Å². The van der Waals surface area contributed by atoms with Crippen molar-refractivity contribution in [2.24, 2.45) is 15.9 Å². The van der Waals surface area contributed by atoms with E-state index in [4.69, 9.17) is 4.74 Å². The average Bonchev–Trinajstić information content (AvgIpc) is 2.63. The van der Waals surface area contributed by atoms with E-state index >= 15 is 0 Å². The molecule has 0 bridgehead atoms. The number of rotatable bonds is 0. The molecule has 70 valence electrons.